The third-order valence-corrected chi connectivity index (χ3v) is 3.37. The first-order valence-corrected chi connectivity index (χ1v) is 7.10. The molecule has 2 amide bonds. The van der Waals surface area contributed by atoms with Gasteiger partial charge in [-0.2, -0.15) is 0 Å². The molecular formula is C14H21N5O2. The van der Waals surface area contributed by atoms with Gasteiger partial charge in [0.15, 0.2) is 0 Å². The van der Waals surface area contributed by atoms with Crippen molar-refractivity contribution >= 4 is 17.6 Å². The molecule has 7 nitrogen and oxygen atoms in total. The minimum Gasteiger partial charge on any atom is -0.347 e. The molecule has 0 atom stereocenters. The molecule has 1 aromatic rings. The van der Waals surface area contributed by atoms with E-state index in [-0.39, 0.29) is 0 Å². The van der Waals surface area contributed by atoms with E-state index >= 15 is 0 Å². The molecular weight excluding hydrogens is 270 g/mol. The van der Waals surface area contributed by atoms with Crippen LogP contribution in [0.4, 0.5) is 5.82 Å². The standard InChI is InChI=1S/C14H21N5O2/c1-11-3-2-4-16-12(11)18-14(21)13(20)17-7-10-19-8-5-15-6-9-19/h2-4,15H,5-10H2,1H3,(H,17,20)(H,16,18,21). The van der Waals surface area contributed by atoms with Crippen molar-refractivity contribution < 1.29 is 9.59 Å². The van der Waals surface area contributed by atoms with Gasteiger partial charge in [-0.1, -0.05) is 6.07 Å². The number of anilines is 1. The Morgan fingerprint density at radius 1 is 1.33 bits per heavy atom. The number of amides is 2. The Morgan fingerprint density at radius 2 is 2.10 bits per heavy atom. The van der Waals surface area contributed by atoms with Crippen molar-refractivity contribution in [2.75, 3.05) is 44.6 Å². The van der Waals surface area contributed by atoms with Crippen molar-refractivity contribution in [1.29, 1.82) is 0 Å². The van der Waals surface area contributed by atoms with Crippen molar-refractivity contribution in [2.45, 2.75) is 6.92 Å². The third-order valence-electron chi connectivity index (χ3n) is 3.37. The van der Waals surface area contributed by atoms with Gasteiger partial charge in [0.25, 0.3) is 0 Å². The number of nitrogens with one attached hydrogen (secondary N) is 3. The molecule has 1 aliphatic heterocycles. The lowest BCUT2D eigenvalue weighted by atomic mass is 10.3. The van der Waals surface area contributed by atoms with Crippen LogP contribution in [0.3, 0.4) is 0 Å². The molecule has 2 heterocycles. The van der Waals surface area contributed by atoms with Crippen LogP contribution in [0.5, 0.6) is 0 Å². The highest BCUT2D eigenvalue weighted by Crippen LogP contribution is 2.08. The number of pyridine rings is 1. The number of piperazine rings is 1. The molecule has 0 radical (unpaired) electrons. The molecule has 0 aliphatic carbocycles. The van der Waals surface area contributed by atoms with Crippen LogP contribution in [-0.2, 0) is 9.59 Å². The summed E-state index contributed by atoms with van der Waals surface area (Å²) >= 11 is 0. The van der Waals surface area contributed by atoms with Gasteiger partial charge in [0.1, 0.15) is 5.82 Å². The molecule has 0 bridgehead atoms. The second-order valence-electron chi connectivity index (χ2n) is 4.97. The van der Waals surface area contributed by atoms with Gasteiger partial charge in [0, 0.05) is 45.5 Å². The van der Waals surface area contributed by atoms with E-state index < -0.39 is 11.8 Å². The summed E-state index contributed by atoms with van der Waals surface area (Å²) < 4.78 is 0. The van der Waals surface area contributed by atoms with E-state index in [4.69, 9.17) is 0 Å². The van der Waals surface area contributed by atoms with E-state index in [2.05, 4.69) is 25.8 Å². The lowest BCUT2D eigenvalue weighted by Crippen LogP contribution is -2.47. The summed E-state index contributed by atoms with van der Waals surface area (Å²) in [7, 11) is 0. The monoisotopic (exact) mass is 291 g/mol. The van der Waals surface area contributed by atoms with Crippen LogP contribution in [0.15, 0.2) is 18.3 Å². The predicted molar refractivity (Wildman–Crippen MR) is 79.9 cm³/mol. The molecule has 0 unspecified atom stereocenters. The molecule has 1 aromatic heterocycles. The first-order chi connectivity index (χ1) is 10.2. The van der Waals surface area contributed by atoms with Crippen molar-refractivity contribution in [1.82, 2.24) is 20.5 Å². The highest BCUT2D eigenvalue weighted by atomic mass is 16.2. The van der Waals surface area contributed by atoms with Gasteiger partial charge in [0.2, 0.25) is 0 Å². The Hall–Kier alpha value is -1.99. The normalized spacial score (nSPS) is 15.5. The Morgan fingerprint density at radius 3 is 2.81 bits per heavy atom. The molecule has 1 fully saturated rings. The number of carbonyl (C=O) groups is 2. The van der Waals surface area contributed by atoms with Crippen molar-refractivity contribution in [3.63, 3.8) is 0 Å². The Kier molecular flexibility index (Phi) is 5.65. The summed E-state index contributed by atoms with van der Waals surface area (Å²) in [5.74, 6) is -0.896. The fourth-order valence-electron chi connectivity index (χ4n) is 2.12. The maximum atomic E-state index is 11.8. The van der Waals surface area contributed by atoms with Gasteiger partial charge in [-0.15, -0.1) is 0 Å². The van der Waals surface area contributed by atoms with Crippen LogP contribution >= 0.6 is 0 Å². The van der Waals surface area contributed by atoms with E-state index in [9.17, 15) is 9.59 Å². The summed E-state index contributed by atoms with van der Waals surface area (Å²) in [5, 5.41) is 8.41. The van der Waals surface area contributed by atoms with Crippen LogP contribution in [0.2, 0.25) is 0 Å². The SMILES string of the molecule is Cc1cccnc1NC(=O)C(=O)NCCN1CCNCC1. The fourth-order valence-corrected chi connectivity index (χ4v) is 2.12. The molecule has 3 N–H and O–H groups in total. The van der Waals surface area contributed by atoms with Gasteiger partial charge in [-0.25, -0.2) is 4.98 Å². The topological polar surface area (TPSA) is 86.4 Å². The van der Waals surface area contributed by atoms with E-state index in [0.29, 0.717) is 12.4 Å². The molecule has 1 aliphatic rings. The number of nitrogens with zero attached hydrogens (tertiary/aromatic N) is 2. The molecule has 1 saturated heterocycles. The number of aryl methyl sites for hydroxylation is 1. The number of hydrogen-bond acceptors (Lipinski definition) is 5. The summed E-state index contributed by atoms with van der Waals surface area (Å²) in [6, 6.07) is 3.60. The number of rotatable bonds is 4. The molecule has 0 aromatic carbocycles. The average molecular weight is 291 g/mol. The molecule has 0 spiro atoms. The first-order valence-electron chi connectivity index (χ1n) is 7.10. The van der Waals surface area contributed by atoms with Crippen molar-refractivity contribution in [2.24, 2.45) is 0 Å². The average Bonchev–Trinajstić information content (AvgIpc) is 2.50. The van der Waals surface area contributed by atoms with E-state index in [0.717, 1.165) is 38.3 Å². The van der Waals surface area contributed by atoms with Crippen LogP contribution in [0, 0.1) is 6.92 Å². The third kappa shape index (κ3) is 4.80. The smallest absolute Gasteiger partial charge is 0.314 e. The molecule has 114 valence electrons. The van der Waals surface area contributed by atoms with Crippen LogP contribution in [0.25, 0.3) is 0 Å². The zero-order valence-electron chi connectivity index (χ0n) is 12.2. The molecule has 21 heavy (non-hydrogen) atoms. The minimum atomic E-state index is -0.683. The zero-order chi connectivity index (χ0) is 15.1. The van der Waals surface area contributed by atoms with Gasteiger partial charge in [0.05, 0.1) is 0 Å². The van der Waals surface area contributed by atoms with Gasteiger partial charge >= 0.3 is 11.8 Å². The molecule has 0 saturated carbocycles. The number of hydrogen-bond donors (Lipinski definition) is 3. The second-order valence-corrected chi connectivity index (χ2v) is 4.97. The maximum Gasteiger partial charge on any atom is 0.314 e. The van der Waals surface area contributed by atoms with Crippen LogP contribution < -0.4 is 16.0 Å². The highest BCUT2D eigenvalue weighted by Gasteiger charge is 2.15. The number of aromatic nitrogens is 1. The summed E-state index contributed by atoms with van der Waals surface area (Å²) in [6.45, 7) is 6.91. The van der Waals surface area contributed by atoms with Crippen LogP contribution in [0.1, 0.15) is 5.56 Å². The van der Waals surface area contributed by atoms with Crippen molar-refractivity contribution in [3.8, 4) is 0 Å². The Bertz CT molecular complexity index is 500. The summed E-state index contributed by atoms with van der Waals surface area (Å²) in [5.41, 5.74) is 0.819. The van der Waals surface area contributed by atoms with E-state index in [1.54, 1.807) is 12.3 Å². The quantitative estimate of drug-likeness (QED) is 0.642. The van der Waals surface area contributed by atoms with Gasteiger partial charge < -0.3 is 16.0 Å². The van der Waals surface area contributed by atoms with Crippen molar-refractivity contribution in [3.05, 3.63) is 23.9 Å². The Balaban J connectivity index is 1.72. The fraction of sp³-hybridized carbons (Fsp3) is 0.500. The summed E-state index contributed by atoms with van der Waals surface area (Å²) in [4.78, 5) is 29.8. The van der Waals surface area contributed by atoms with Gasteiger partial charge in [-0.3, -0.25) is 14.5 Å². The summed E-state index contributed by atoms with van der Waals surface area (Å²) in [6.07, 6.45) is 1.57. The van der Waals surface area contributed by atoms with Gasteiger partial charge in [-0.05, 0) is 18.6 Å². The Labute approximate surface area is 124 Å². The predicted octanol–water partition coefficient (Wildman–Crippen LogP) is -0.650. The largest absolute Gasteiger partial charge is 0.347 e. The van der Waals surface area contributed by atoms with E-state index in [1.807, 2.05) is 13.0 Å². The molecule has 7 heteroatoms. The number of carbonyl (C=O) groups excluding carboxylic acids is 2. The lowest BCUT2D eigenvalue weighted by Gasteiger charge is -2.26. The zero-order valence-corrected chi connectivity index (χ0v) is 12.2. The first kappa shape index (κ1) is 15.4. The lowest BCUT2D eigenvalue weighted by molar-refractivity contribution is -0.136. The minimum absolute atomic E-state index is 0.416. The molecule has 2 rings (SSSR count). The van der Waals surface area contributed by atoms with E-state index in [1.165, 1.54) is 0 Å². The highest BCUT2D eigenvalue weighted by molar-refractivity contribution is 6.39. The maximum absolute atomic E-state index is 11.8. The second kappa shape index (κ2) is 7.70. The van der Waals surface area contributed by atoms with Crippen LogP contribution in [-0.4, -0.2) is 61.0 Å².